The largest absolute Gasteiger partial charge is 0.489 e. The molecule has 1 N–H and O–H groups in total. The summed E-state index contributed by atoms with van der Waals surface area (Å²) < 4.78 is 125. The third-order valence-corrected chi connectivity index (χ3v) is 7.16. The molecule has 0 aliphatic carbocycles. The molecule has 4 rings (SSSR count). The number of hydrogen-bond acceptors (Lipinski definition) is 4. The van der Waals surface area contributed by atoms with Gasteiger partial charge in [0.15, 0.2) is 0 Å². The van der Waals surface area contributed by atoms with E-state index >= 15 is 0 Å². The summed E-state index contributed by atoms with van der Waals surface area (Å²) in [6.07, 6.45) is -9.21. The van der Waals surface area contributed by atoms with Gasteiger partial charge in [-0.1, -0.05) is 42.5 Å². The molecule has 0 fully saturated rings. The van der Waals surface area contributed by atoms with Gasteiger partial charge in [0.2, 0.25) is 0 Å². The summed E-state index contributed by atoms with van der Waals surface area (Å²) in [5, 5.41) is 10.4. The lowest BCUT2D eigenvalue weighted by atomic mass is 10.0. The molecule has 234 valence electrons. The highest BCUT2D eigenvalue weighted by molar-refractivity contribution is 8.00. The van der Waals surface area contributed by atoms with E-state index in [1.807, 2.05) is 0 Å². The highest BCUT2D eigenvalue weighted by Crippen LogP contribution is 2.39. The number of benzene rings is 4. The fourth-order valence-corrected chi connectivity index (χ4v) is 5.11. The van der Waals surface area contributed by atoms with Crippen molar-refractivity contribution >= 4 is 17.4 Å². The second-order valence-electron chi connectivity index (χ2n) is 9.63. The zero-order valence-corrected chi connectivity index (χ0v) is 23.4. The molecule has 0 amide bonds. The monoisotopic (exact) mass is 645 g/mol. The molecule has 0 bridgehead atoms. The van der Waals surface area contributed by atoms with Crippen LogP contribution in [0.4, 0.5) is 45.2 Å². The van der Waals surface area contributed by atoms with E-state index in [-0.39, 0.29) is 46.7 Å². The highest BCUT2D eigenvalue weighted by Gasteiger charge is 2.33. The van der Waals surface area contributed by atoms with Crippen molar-refractivity contribution in [2.24, 2.45) is 0 Å². The summed E-state index contributed by atoms with van der Waals surface area (Å²) in [5.41, 5.74) is -5.31. The standard InChI is InChI=1S/C31H24F9NO2S/c32-29(33,34)23-8-1-6-21(13-23)19-43-26-11-4-10-25(16-26)41(17-20-5-2-12-27(14-20)44-31(38,39)40)28(18-42)22-7-3-9-24(15-22)30(35,36)37/h1-16,28,42H,17-19H2. The second-order valence-corrected chi connectivity index (χ2v) is 10.8. The molecule has 4 aromatic carbocycles. The van der Waals surface area contributed by atoms with E-state index in [0.717, 1.165) is 24.3 Å². The van der Waals surface area contributed by atoms with E-state index in [0.29, 0.717) is 11.3 Å². The number of thioether (sulfide) groups is 1. The molecule has 0 heterocycles. The van der Waals surface area contributed by atoms with Crippen molar-refractivity contribution in [3.8, 4) is 5.75 Å². The number of aliphatic hydroxyl groups is 1. The van der Waals surface area contributed by atoms with Gasteiger partial charge in [0, 0.05) is 23.2 Å². The van der Waals surface area contributed by atoms with Gasteiger partial charge in [-0.3, -0.25) is 0 Å². The predicted octanol–water partition coefficient (Wildman–Crippen LogP) is 9.66. The van der Waals surface area contributed by atoms with Gasteiger partial charge in [-0.15, -0.1) is 0 Å². The first-order valence-electron chi connectivity index (χ1n) is 12.9. The van der Waals surface area contributed by atoms with E-state index in [4.69, 9.17) is 4.74 Å². The van der Waals surface area contributed by atoms with E-state index in [2.05, 4.69) is 0 Å². The lowest BCUT2D eigenvalue weighted by Gasteiger charge is -2.34. The maximum absolute atomic E-state index is 13.5. The molecule has 0 aliphatic rings. The minimum absolute atomic E-state index is 0.0958. The van der Waals surface area contributed by atoms with Crippen molar-refractivity contribution < 1.29 is 49.4 Å². The topological polar surface area (TPSA) is 32.7 Å². The minimum Gasteiger partial charge on any atom is -0.489 e. The van der Waals surface area contributed by atoms with Crippen molar-refractivity contribution in [1.29, 1.82) is 0 Å². The summed E-state index contributed by atoms with van der Waals surface area (Å²) in [4.78, 5) is 1.41. The highest BCUT2D eigenvalue weighted by atomic mass is 32.2. The van der Waals surface area contributed by atoms with Crippen LogP contribution in [0.3, 0.4) is 0 Å². The van der Waals surface area contributed by atoms with Crippen LogP contribution < -0.4 is 9.64 Å². The van der Waals surface area contributed by atoms with Gasteiger partial charge in [-0.05, 0) is 77.0 Å². The first-order chi connectivity index (χ1) is 20.6. The summed E-state index contributed by atoms with van der Waals surface area (Å²) in [7, 11) is 0. The Bertz CT molecular complexity index is 1550. The van der Waals surface area contributed by atoms with Crippen LogP contribution in [0.25, 0.3) is 0 Å². The zero-order chi connectivity index (χ0) is 32.1. The Kier molecular flexibility index (Phi) is 10.1. The summed E-state index contributed by atoms with van der Waals surface area (Å²) in [5.74, 6) is 0.201. The van der Waals surface area contributed by atoms with Gasteiger partial charge in [0.05, 0.1) is 23.8 Å². The molecule has 0 spiro atoms. The molecular formula is C31H24F9NO2S. The van der Waals surface area contributed by atoms with E-state index in [1.165, 1.54) is 59.5 Å². The van der Waals surface area contributed by atoms with Crippen LogP contribution >= 0.6 is 11.8 Å². The average Bonchev–Trinajstić information content (AvgIpc) is 2.95. The molecule has 1 atom stereocenters. The van der Waals surface area contributed by atoms with Crippen molar-refractivity contribution in [2.45, 2.75) is 41.9 Å². The Hall–Kier alpha value is -3.84. The third-order valence-electron chi connectivity index (χ3n) is 6.44. The van der Waals surface area contributed by atoms with Gasteiger partial charge in [0.25, 0.3) is 0 Å². The third kappa shape index (κ3) is 9.08. The molecule has 0 aliphatic heterocycles. The molecule has 4 aromatic rings. The van der Waals surface area contributed by atoms with Crippen LogP contribution in [0.1, 0.15) is 33.9 Å². The van der Waals surface area contributed by atoms with Crippen LogP contribution in [0.15, 0.2) is 102 Å². The molecule has 0 radical (unpaired) electrons. The van der Waals surface area contributed by atoms with Gasteiger partial charge in [0.1, 0.15) is 12.4 Å². The van der Waals surface area contributed by atoms with Crippen LogP contribution in [0, 0.1) is 0 Å². The number of halogens is 9. The van der Waals surface area contributed by atoms with E-state index in [9.17, 15) is 44.6 Å². The van der Waals surface area contributed by atoms with Crippen LogP contribution in [-0.2, 0) is 25.5 Å². The molecule has 13 heteroatoms. The Labute approximate surface area is 250 Å². The number of rotatable bonds is 10. The molecular weight excluding hydrogens is 621 g/mol. The Morgan fingerprint density at radius 3 is 1.95 bits per heavy atom. The zero-order valence-electron chi connectivity index (χ0n) is 22.5. The summed E-state index contributed by atoms with van der Waals surface area (Å²) >= 11 is -0.321. The first kappa shape index (κ1) is 33.1. The van der Waals surface area contributed by atoms with Crippen LogP contribution in [0.2, 0.25) is 0 Å². The van der Waals surface area contributed by atoms with Gasteiger partial charge in [-0.25, -0.2) is 0 Å². The fraction of sp³-hybridized carbons (Fsp3) is 0.226. The Morgan fingerprint density at radius 1 is 0.682 bits per heavy atom. The smallest absolute Gasteiger partial charge is 0.446 e. The van der Waals surface area contributed by atoms with Crippen molar-refractivity contribution in [2.75, 3.05) is 11.5 Å². The molecule has 44 heavy (non-hydrogen) atoms. The quantitative estimate of drug-likeness (QED) is 0.138. The molecule has 0 aromatic heterocycles. The van der Waals surface area contributed by atoms with Crippen molar-refractivity contribution in [3.05, 3.63) is 125 Å². The van der Waals surface area contributed by atoms with E-state index < -0.39 is 41.6 Å². The number of hydrogen-bond donors (Lipinski definition) is 1. The van der Waals surface area contributed by atoms with Crippen molar-refractivity contribution in [3.63, 3.8) is 0 Å². The van der Waals surface area contributed by atoms with Crippen LogP contribution in [-0.4, -0.2) is 17.2 Å². The molecule has 0 saturated heterocycles. The van der Waals surface area contributed by atoms with E-state index in [1.54, 1.807) is 18.2 Å². The van der Waals surface area contributed by atoms with Gasteiger partial charge >= 0.3 is 17.9 Å². The molecule has 3 nitrogen and oxygen atoms in total. The maximum atomic E-state index is 13.5. The fourth-order valence-electron chi connectivity index (χ4n) is 4.48. The first-order valence-corrected chi connectivity index (χ1v) is 13.7. The minimum atomic E-state index is -4.67. The molecule has 1 unspecified atom stereocenters. The number of aliphatic hydroxyl groups excluding tert-OH is 1. The summed E-state index contributed by atoms with van der Waals surface area (Å²) in [6, 6.07) is 19.5. The number of anilines is 1. The number of alkyl halides is 9. The SMILES string of the molecule is OCC(c1cccc(C(F)(F)F)c1)N(Cc1cccc(SC(F)(F)F)c1)c1cccc(OCc2cccc(C(F)(F)F)c2)c1. The van der Waals surface area contributed by atoms with Gasteiger partial charge < -0.3 is 14.7 Å². The molecule has 0 saturated carbocycles. The van der Waals surface area contributed by atoms with Crippen molar-refractivity contribution in [1.82, 2.24) is 0 Å². The number of nitrogens with zero attached hydrogens (tertiary/aromatic N) is 1. The normalized spacial score (nSPS) is 13.0. The maximum Gasteiger partial charge on any atom is 0.446 e. The lowest BCUT2D eigenvalue weighted by molar-refractivity contribution is -0.138. The van der Waals surface area contributed by atoms with Gasteiger partial charge in [-0.2, -0.15) is 39.5 Å². The van der Waals surface area contributed by atoms with Crippen LogP contribution in [0.5, 0.6) is 5.75 Å². The lowest BCUT2D eigenvalue weighted by Crippen LogP contribution is -2.31. The predicted molar refractivity (Wildman–Crippen MR) is 148 cm³/mol. The Balaban J connectivity index is 1.69. The Morgan fingerprint density at radius 2 is 1.30 bits per heavy atom. The second kappa shape index (κ2) is 13.4. The average molecular weight is 646 g/mol. The number of ether oxygens (including phenoxy) is 1. The summed E-state index contributed by atoms with van der Waals surface area (Å²) in [6.45, 7) is -1.01.